The van der Waals surface area contributed by atoms with Crippen LogP contribution in [0.3, 0.4) is 0 Å². The van der Waals surface area contributed by atoms with Crippen LogP contribution in [-0.2, 0) is 21.0 Å². The highest BCUT2D eigenvalue weighted by Crippen LogP contribution is 2.39. The van der Waals surface area contributed by atoms with E-state index in [1.807, 2.05) is 18.2 Å². The standard InChI is InChI=1S/C15H19NO4S/c1-10-12-8-6-7-9-13(12)19-14(10)16(20-11(2)17)21(18)15(3,4)5/h6-9,14H,1H2,2-5H3/t14-,21+/m0/s1. The molecule has 2 atom stereocenters. The van der Waals surface area contributed by atoms with Gasteiger partial charge in [0.05, 0.1) is 15.8 Å². The van der Waals surface area contributed by atoms with Gasteiger partial charge in [0.25, 0.3) is 6.23 Å². The van der Waals surface area contributed by atoms with E-state index in [1.54, 1.807) is 26.8 Å². The lowest BCUT2D eigenvalue weighted by atomic mass is 10.1. The van der Waals surface area contributed by atoms with E-state index in [2.05, 4.69) is 6.58 Å². The van der Waals surface area contributed by atoms with E-state index < -0.39 is 28.3 Å². The first-order valence-corrected chi connectivity index (χ1v) is 7.67. The van der Waals surface area contributed by atoms with Crippen LogP contribution in [0.2, 0.25) is 0 Å². The number of ether oxygens (including phenoxy) is 1. The van der Waals surface area contributed by atoms with Gasteiger partial charge in [-0.3, -0.25) is 4.79 Å². The number of para-hydroxylation sites is 1. The summed E-state index contributed by atoms with van der Waals surface area (Å²) in [6.07, 6.45) is -0.786. The molecule has 0 unspecified atom stereocenters. The van der Waals surface area contributed by atoms with Crippen LogP contribution in [0, 0.1) is 0 Å². The van der Waals surface area contributed by atoms with Crippen LogP contribution in [0.5, 0.6) is 5.75 Å². The van der Waals surface area contributed by atoms with Crippen molar-refractivity contribution in [3.05, 3.63) is 36.4 Å². The molecular weight excluding hydrogens is 290 g/mol. The van der Waals surface area contributed by atoms with Gasteiger partial charge in [0.2, 0.25) is 0 Å². The van der Waals surface area contributed by atoms with Gasteiger partial charge in [-0.15, -0.1) is 0 Å². The fraction of sp³-hybridized carbons (Fsp3) is 0.400. The Morgan fingerprint density at radius 1 is 1.43 bits per heavy atom. The van der Waals surface area contributed by atoms with Gasteiger partial charge in [0, 0.05) is 18.1 Å². The lowest BCUT2D eigenvalue weighted by Gasteiger charge is -2.32. The largest absolute Gasteiger partial charge is 0.595 e. The molecule has 0 saturated carbocycles. The zero-order chi connectivity index (χ0) is 15.8. The highest BCUT2D eigenvalue weighted by molar-refractivity contribution is 7.90. The zero-order valence-electron chi connectivity index (χ0n) is 12.6. The molecule has 0 bridgehead atoms. The zero-order valence-corrected chi connectivity index (χ0v) is 13.4. The molecule has 0 spiro atoms. The predicted molar refractivity (Wildman–Crippen MR) is 81.4 cm³/mol. The molecule has 1 aliphatic rings. The minimum atomic E-state index is -1.59. The van der Waals surface area contributed by atoms with Crippen molar-refractivity contribution in [2.75, 3.05) is 0 Å². The first-order chi connectivity index (χ1) is 9.71. The average molecular weight is 309 g/mol. The van der Waals surface area contributed by atoms with Gasteiger partial charge in [0.1, 0.15) is 10.5 Å². The van der Waals surface area contributed by atoms with Crippen LogP contribution in [0.1, 0.15) is 33.3 Å². The highest BCUT2D eigenvalue weighted by atomic mass is 32.2. The molecule has 0 saturated heterocycles. The second-order valence-corrected chi connectivity index (χ2v) is 7.80. The second-order valence-electron chi connectivity index (χ2n) is 5.72. The van der Waals surface area contributed by atoms with Crippen LogP contribution in [0.25, 0.3) is 5.57 Å². The molecule has 0 N–H and O–H groups in total. The SMILES string of the molecule is C=C1c2ccccc2O[C@@H]1N(OC(C)=O)[S@+]([O-])C(C)(C)C. The van der Waals surface area contributed by atoms with E-state index in [0.29, 0.717) is 11.3 Å². The molecule has 1 heterocycles. The van der Waals surface area contributed by atoms with E-state index in [9.17, 15) is 9.35 Å². The smallest absolute Gasteiger partial charge is 0.327 e. The Hall–Kier alpha value is -1.50. The quantitative estimate of drug-likeness (QED) is 0.634. The van der Waals surface area contributed by atoms with Gasteiger partial charge in [-0.2, -0.15) is 0 Å². The van der Waals surface area contributed by atoms with E-state index in [0.717, 1.165) is 10.0 Å². The summed E-state index contributed by atoms with van der Waals surface area (Å²) in [5.74, 6) is 0.0792. The van der Waals surface area contributed by atoms with Crippen molar-refractivity contribution < 1.29 is 18.9 Å². The van der Waals surface area contributed by atoms with E-state index in [4.69, 9.17) is 9.57 Å². The number of carbonyl (C=O) groups is 1. The van der Waals surface area contributed by atoms with Crippen molar-refractivity contribution in [2.24, 2.45) is 0 Å². The summed E-state index contributed by atoms with van der Waals surface area (Å²) in [5.41, 5.74) is 1.44. The lowest BCUT2D eigenvalue weighted by molar-refractivity contribution is -0.180. The molecule has 0 aromatic heterocycles. The summed E-state index contributed by atoms with van der Waals surface area (Å²) in [5, 5.41) is 0. The van der Waals surface area contributed by atoms with E-state index in [1.165, 1.54) is 6.92 Å². The van der Waals surface area contributed by atoms with Gasteiger partial charge >= 0.3 is 5.97 Å². The maximum atomic E-state index is 12.6. The molecule has 0 radical (unpaired) electrons. The third kappa shape index (κ3) is 3.23. The molecule has 5 nitrogen and oxygen atoms in total. The molecule has 1 aliphatic heterocycles. The summed E-state index contributed by atoms with van der Waals surface area (Å²) in [6.45, 7) is 10.6. The number of fused-ring (bicyclic) bond motifs is 1. The summed E-state index contributed by atoms with van der Waals surface area (Å²) < 4.78 is 18.9. The first-order valence-electron chi connectivity index (χ1n) is 6.56. The summed E-state index contributed by atoms with van der Waals surface area (Å²) in [7, 11) is 0. The molecule has 1 aromatic rings. The topological polar surface area (TPSA) is 61.8 Å². The first kappa shape index (κ1) is 15.9. The predicted octanol–water partition coefficient (Wildman–Crippen LogP) is 2.66. The van der Waals surface area contributed by atoms with Crippen molar-refractivity contribution in [3.8, 4) is 5.75 Å². The number of hydrogen-bond donors (Lipinski definition) is 0. The molecule has 2 rings (SSSR count). The Labute approximate surface area is 127 Å². The minimum absolute atomic E-state index is 0.556. The minimum Gasteiger partial charge on any atom is -0.595 e. The van der Waals surface area contributed by atoms with E-state index in [-0.39, 0.29) is 0 Å². The van der Waals surface area contributed by atoms with Crippen LogP contribution < -0.4 is 4.74 Å². The Morgan fingerprint density at radius 2 is 2.05 bits per heavy atom. The van der Waals surface area contributed by atoms with Crippen molar-refractivity contribution >= 4 is 22.9 Å². The number of hydrogen-bond acceptors (Lipinski definition) is 5. The maximum Gasteiger partial charge on any atom is 0.327 e. The molecular formula is C15H19NO4S. The Bertz CT molecular complexity index is 567. The molecule has 114 valence electrons. The van der Waals surface area contributed by atoms with Gasteiger partial charge in [-0.25, -0.2) is 0 Å². The summed E-state index contributed by atoms with van der Waals surface area (Å²) >= 11 is -1.59. The third-order valence-corrected chi connectivity index (χ3v) is 4.51. The van der Waals surface area contributed by atoms with Crippen LogP contribution >= 0.6 is 0 Å². The fourth-order valence-electron chi connectivity index (χ4n) is 1.89. The van der Waals surface area contributed by atoms with Crippen molar-refractivity contribution in [3.63, 3.8) is 0 Å². The van der Waals surface area contributed by atoms with Crippen LogP contribution in [-0.4, -0.2) is 26.0 Å². The Kier molecular flexibility index (Phi) is 4.32. The maximum absolute atomic E-state index is 12.6. The number of nitrogens with zero attached hydrogens (tertiary/aromatic N) is 1. The molecule has 6 heteroatoms. The van der Waals surface area contributed by atoms with Crippen LogP contribution in [0.15, 0.2) is 30.8 Å². The summed E-state index contributed by atoms with van der Waals surface area (Å²) in [4.78, 5) is 16.5. The normalized spacial score (nSPS) is 19.1. The number of carbonyl (C=O) groups excluding carboxylic acids is 1. The molecule has 21 heavy (non-hydrogen) atoms. The van der Waals surface area contributed by atoms with Crippen molar-refractivity contribution in [1.82, 2.24) is 4.47 Å². The number of rotatable bonds is 3. The number of hydroxylamine groups is 1. The van der Waals surface area contributed by atoms with Gasteiger partial charge in [-0.05, 0) is 26.8 Å². The van der Waals surface area contributed by atoms with Gasteiger partial charge in [0.15, 0.2) is 0 Å². The lowest BCUT2D eigenvalue weighted by Crippen LogP contribution is -2.50. The Balaban J connectivity index is 2.32. The fourth-order valence-corrected chi connectivity index (χ4v) is 2.95. The van der Waals surface area contributed by atoms with Crippen molar-refractivity contribution in [2.45, 2.75) is 38.7 Å². The average Bonchev–Trinajstić information content (AvgIpc) is 2.72. The number of benzene rings is 1. The van der Waals surface area contributed by atoms with E-state index >= 15 is 0 Å². The third-order valence-electron chi connectivity index (χ3n) is 2.87. The van der Waals surface area contributed by atoms with Crippen LogP contribution in [0.4, 0.5) is 0 Å². The molecule has 0 amide bonds. The molecule has 0 aliphatic carbocycles. The molecule has 1 aromatic carbocycles. The second kappa shape index (κ2) is 5.71. The monoisotopic (exact) mass is 309 g/mol. The highest BCUT2D eigenvalue weighted by Gasteiger charge is 2.46. The molecule has 0 fully saturated rings. The van der Waals surface area contributed by atoms with Gasteiger partial charge < -0.3 is 14.1 Å². The van der Waals surface area contributed by atoms with Crippen molar-refractivity contribution in [1.29, 1.82) is 0 Å². The summed E-state index contributed by atoms with van der Waals surface area (Å²) in [6, 6.07) is 7.37. The van der Waals surface area contributed by atoms with Gasteiger partial charge in [-0.1, -0.05) is 24.8 Å². The Morgan fingerprint density at radius 3 is 2.57 bits per heavy atom.